The van der Waals surface area contributed by atoms with E-state index in [0.29, 0.717) is 23.7 Å². The van der Waals surface area contributed by atoms with Gasteiger partial charge in [-0.05, 0) is 31.2 Å². The molecule has 2 heterocycles. The second-order valence-corrected chi connectivity index (χ2v) is 6.62. The Kier molecular flexibility index (Phi) is 4.66. The third kappa shape index (κ3) is 3.58. The van der Waals surface area contributed by atoms with Crippen LogP contribution in [-0.2, 0) is 0 Å². The molecule has 0 saturated carbocycles. The molecule has 0 spiro atoms. The average Bonchev–Trinajstić information content (AvgIpc) is 3.15. The van der Waals surface area contributed by atoms with E-state index in [1.807, 2.05) is 18.2 Å². The summed E-state index contributed by atoms with van der Waals surface area (Å²) in [7, 11) is 1.77. The van der Waals surface area contributed by atoms with Crippen molar-refractivity contribution >= 4 is 17.4 Å². The van der Waals surface area contributed by atoms with Crippen LogP contribution in [0.2, 0.25) is 0 Å². The van der Waals surface area contributed by atoms with E-state index >= 15 is 0 Å². The maximum atomic E-state index is 12.6. The van der Waals surface area contributed by atoms with Crippen molar-refractivity contribution in [1.82, 2.24) is 4.90 Å². The number of carbonyl (C=O) groups excluding carboxylic acids is 1. The van der Waals surface area contributed by atoms with E-state index in [-0.39, 0.29) is 18.9 Å². The molecule has 2 aliphatic heterocycles. The molecule has 0 unspecified atom stereocenters. The van der Waals surface area contributed by atoms with Crippen LogP contribution < -0.4 is 24.4 Å². The van der Waals surface area contributed by atoms with Crippen LogP contribution in [0.5, 0.6) is 17.2 Å². The van der Waals surface area contributed by atoms with Crippen LogP contribution in [0.3, 0.4) is 0 Å². The third-order valence-corrected chi connectivity index (χ3v) is 4.75. The Morgan fingerprint density at radius 2 is 2.00 bits per heavy atom. The standard InChI is InChI=1S/C20H23N3O4/c1-3-23-12-15(27-17-7-5-4-6-16(17)23)11-22(2)20(24)21-14-8-9-18-19(10-14)26-13-25-18/h4-10,15H,3,11-13H2,1-2H3,(H,21,24)/t15-/m0/s1. The number of ether oxygens (including phenoxy) is 3. The van der Waals surface area contributed by atoms with Gasteiger partial charge in [-0.15, -0.1) is 0 Å². The van der Waals surface area contributed by atoms with E-state index in [1.54, 1.807) is 30.1 Å². The molecule has 0 aliphatic carbocycles. The van der Waals surface area contributed by atoms with Gasteiger partial charge < -0.3 is 29.3 Å². The Labute approximate surface area is 158 Å². The smallest absolute Gasteiger partial charge is 0.321 e. The van der Waals surface area contributed by atoms with Crippen LogP contribution in [-0.4, -0.2) is 50.5 Å². The lowest BCUT2D eigenvalue weighted by molar-refractivity contribution is 0.150. The molecule has 2 aromatic carbocycles. The van der Waals surface area contributed by atoms with Crippen molar-refractivity contribution in [2.75, 3.05) is 43.7 Å². The van der Waals surface area contributed by atoms with Crippen LogP contribution in [0.25, 0.3) is 0 Å². The maximum absolute atomic E-state index is 12.6. The first-order chi connectivity index (χ1) is 13.1. The van der Waals surface area contributed by atoms with Crippen LogP contribution in [0.1, 0.15) is 6.92 Å². The second kappa shape index (κ2) is 7.26. The molecule has 0 fully saturated rings. The van der Waals surface area contributed by atoms with Gasteiger partial charge >= 0.3 is 6.03 Å². The molecule has 142 valence electrons. The molecule has 27 heavy (non-hydrogen) atoms. The zero-order valence-corrected chi connectivity index (χ0v) is 15.5. The molecule has 0 bridgehead atoms. The first-order valence-corrected chi connectivity index (χ1v) is 9.06. The minimum Gasteiger partial charge on any atom is -0.485 e. The first kappa shape index (κ1) is 17.3. The number of fused-ring (bicyclic) bond motifs is 2. The Bertz CT molecular complexity index is 842. The zero-order chi connectivity index (χ0) is 18.8. The van der Waals surface area contributed by atoms with E-state index in [9.17, 15) is 4.79 Å². The van der Waals surface area contributed by atoms with Crippen LogP contribution in [0.4, 0.5) is 16.2 Å². The summed E-state index contributed by atoms with van der Waals surface area (Å²) < 4.78 is 16.7. The number of anilines is 2. The summed E-state index contributed by atoms with van der Waals surface area (Å²) in [5.41, 5.74) is 1.77. The number of para-hydroxylation sites is 2. The molecule has 2 aliphatic rings. The summed E-state index contributed by atoms with van der Waals surface area (Å²) in [6, 6.07) is 13.2. The number of hydrogen-bond donors (Lipinski definition) is 1. The van der Waals surface area contributed by atoms with Crippen molar-refractivity contribution in [2.45, 2.75) is 13.0 Å². The predicted molar refractivity (Wildman–Crippen MR) is 103 cm³/mol. The molecule has 1 N–H and O–H groups in total. The number of carbonyl (C=O) groups is 1. The Hall–Kier alpha value is -3.09. The average molecular weight is 369 g/mol. The molecule has 7 nitrogen and oxygen atoms in total. The summed E-state index contributed by atoms with van der Waals surface area (Å²) >= 11 is 0. The maximum Gasteiger partial charge on any atom is 0.321 e. The SMILES string of the molecule is CCN1C[C@H](CN(C)C(=O)Nc2ccc3c(c2)OCO3)Oc2ccccc21. The van der Waals surface area contributed by atoms with Crippen molar-refractivity contribution < 1.29 is 19.0 Å². The van der Waals surface area contributed by atoms with Gasteiger partial charge in [-0.25, -0.2) is 4.79 Å². The fourth-order valence-corrected chi connectivity index (χ4v) is 3.36. The highest BCUT2D eigenvalue weighted by atomic mass is 16.7. The Morgan fingerprint density at radius 1 is 1.19 bits per heavy atom. The van der Waals surface area contributed by atoms with Gasteiger partial charge in [0.25, 0.3) is 0 Å². The molecule has 7 heteroatoms. The van der Waals surface area contributed by atoms with E-state index in [0.717, 1.165) is 24.5 Å². The van der Waals surface area contributed by atoms with E-state index in [1.165, 1.54) is 0 Å². The molecule has 1 atom stereocenters. The van der Waals surface area contributed by atoms with Crippen molar-refractivity contribution in [1.29, 1.82) is 0 Å². The van der Waals surface area contributed by atoms with E-state index in [2.05, 4.69) is 23.2 Å². The highest BCUT2D eigenvalue weighted by Gasteiger charge is 2.26. The van der Waals surface area contributed by atoms with Crippen molar-refractivity contribution in [3.63, 3.8) is 0 Å². The number of hydrogen-bond acceptors (Lipinski definition) is 5. The third-order valence-electron chi connectivity index (χ3n) is 4.75. The topological polar surface area (TPSA) is 63.3 Å². The molecular weight excluding hydrogens is 346 g/mol. The van der Waals surface area contributed by atoms with Crippen LogP contribution in [0, 0.1) is 0 Å². The summed E-state index contributed by atoms with van der Waals surface area (Å²) in [6.07, 6.45) is -0.0904. The van der Waals surface area contributed by atoms with Gasteiger partial charge in [0.15, 0.2) is 11.5 Å². The Balaban J connectivity index is 1.39. The van der Waals surface area contributed by atoms with Crippen LogP contribution >= 0.6 is 0 Å². The second-order valence-electron chi connectivity index (χ2n) is 6.62. The van der Waals surface area contributed by atoms with Gasteiger partial charge in [-0.2, -0.15) is 0 Å². The van der Waals surface area contributed by atoms with Crippen molar-refractivity contribution in [3.05, 3.63) is 42.5 Å². The number of benzene rings is 2. The fourth-order valence-electron chi connectivity index (χ4n) is 3.36. The van der Waals surface area contributed by atoms with Crippen molar-refractivity contribution in [3.8, 4) is 17.2 Å². The molecule has 0 radical (unpaired) electrons. The van der Waals surface area contributed by atoms with Crippen LogP contribution in [0.15, 0.2) is 42.5 Å². The minimum absolute atomic E-state index is 0.0904. The van der Waals surface area contributed by atoms with Gasteiger partial charge in [-0.1, -0.05) is 12.1 Å². The quantitative estimate of drug-likeness (QED) is 0.897. The number of nitrogens with one attached hydrogen (secondary N) is 1. The molecule has 2 amide bonds. The Morgan fingerprint density at radius 3 is 2.85 bits per heavy atom. The normalized spacial score (nSPS) is 17.1. The zero-order valence-electron chi connectivity index (χ0n) is 15.5. The first-order valence-electron chi connectivity index (χ1n) is 9.06. The summed E-state index contributed by atoms with van der Waals surface area (Å²) in [5.74, 6) is 2.19. The van der Waals surface area contributed by atoms with Gasteiger partial charge in [0.05, 0.1) is 18.8 Å². The highest BCUT2D eigenvalue weighted by Crippen LogP contribution is 2.35. The van der Waals surface area contributed by atoms with E-state index < -0.39 is 0 Å². The molecule has 4 rings (SSSR count). The van der Waals surface area contributed by atoms with Gasteiger partial charge in [0.1, 0.15) is 11.9 Å². The fraction of sp³-hybridized carbons (Fsp3) is 0.350. The number of nitrogens with zero attached hydrogens (tertiary/aromatic N) is 2. The van der Waals surface area contributed by atoms with E-state index in [4.69, 9.17) is 14.2 Å². The predicted octanol–water partition coefficient (Wildman–Crippen LogP) is 3.17. The lowest BCUT2D eigenvalue weighted by Gasteiger charge is -2.37. The molecule has 0 saturated heterocycles. The summed E-state index contributed by atoms with van der Waals surface area (Å²) in [6.45, 7) is 4.45. The van der Waals surface area contributed by atoms with Crippen molar-refractivity contribution in [2.24, 2.45) is 0 Å². The van der Waals surface area contributed by atoms with Gasteiger partial charge in [0, 0.05) is 25.3 Å². The van der Waals surface area contributed by atoms with Gasteiger partial charge in [-0.3, -0.25) is 0 Å². The highest BCUT2D eigenvalue weighted by molar-refractivity contribution is 5.89. The number of likely N-dealkylation sites (N-methyl/N-ethyl adjacent to an activating group) is 2. The number of amides is 2. The van der Waals surface area contributed by atoms with Gasteiger partial charge in [0.2, 0.25) is 6.79 Å². The summed E-state index contributed by atoms with van der Waals surface area (Å²) in [5, 5.41) is 2.89. The largest absolute Gasteiger partial charge is 0.485 e. The molecule has 2 aromatic rings. The number of rotatable bonds is 4. The number of urea groups is 1. The summed E-state index contributed by atoms with van der Waals surface area (Å²) in [4.78, 5) is 16.5. The minimum atomic E-state index is -0.195. The lowest BCUT2D eigenvalue weighted by atomic mass is 10.2. The molecule has 0 aromatic heterocycles. The monoisotopic (exact) mass is 369 g/mol. The molecular formula is C20H23N3O4. The lowest BCUT2D eigenvalue weighted by Crippen LogP contribution is -2.47.